The van der Waals surface area contributed by atoms with Crippen LogP contribution in [0.15, 0.2) is 36.4 Å². The molecule has 2 heterocycles. The highest BCUT2D eigenvalue weighted by Crippen LogP contribution is 2.25. The van der Waals surface area contributed by atoms with Crippen molar-refractivity contribution in [1.29, 1.82) is 0 Å². The van der Waals surface area contributed by atoms with Crippen molar-refractivity contribution >= 4 is 5.91 Å². The molecule has 132 valence electrons. The van der Waals surface area contributed by atoms with E-state index in [1.807, 2.05) is 12.1 Å². The predicted molar refractivity (Wildman–Crippen MR) is 93.2 cm³/mol. The third-order valence-electron chi connectivity index (χ3n) is 4.42. The summed E-state index contributed by atoms with van der Waals surface area (Å²) in [6, 6.07) is 10.1. The number of halogens is 1. The van der Waals surface area contributed by atoms with E-state index in [0.29, 0.717) is 17.4 Å². The monoisotopic (exact) mass is 343 g/mol. The quantitative estimate of drug-likeness (QED) is 0.876. The highest BCUT2D eigenvalue weighted by Gasteiger charge is 2.17. The second-order valence-corrected chi connectivity index (χ2v) is 6.10. The Bertz CT molecular complexity index is 745. The molecule has 1 amide bonds. The Hall–Kier alpha value is -2.47. The molecule has 3 rings (SSSR count). The van der Waals surface area contributed by atoms with E-state index in [0.717, 1.165) is 31.6 Å². The zero-order valence-electron chi connectivity index (χ0n) is 14.2. The maximum absolute atomic E-state index is 14.1. The molecular weight excluding hydrogens is 321 g/mol. The molecule has 2 aromatic rings. The molecule has 0 unspecified atom stereocenters. The van der Waals surface area contributed by atoms with Gasteiger partial charge < -0.3 is 15.4 Å². The fourth-order valence-corrected chi connectivity index (χ4v) is 2.96. The van der Waals surface area contributed by atoms with Gasteiger partial charge in [0.2, 0.25) is 5.88 Å². The Balaban J connectivity index is 1.66. The van der Waals surface area contributed by atoms with E-state index in [4.69, 9.17) is 4.74 Å². The van der Waals surface area contributed by atoms with Crippen molar-refractivity contribution in [2.45, 2.75) is 25.4 Å². The van der Waals surface area contributed by atoms with Crippen LogP contribution >= 0.6 is 0 Å². The van der Waals surface area contributed by atoms with Crippen LogP contribution in [-0.2, 0) is 6.61 Å². The van der Waals surface area contributed by atoms with E-state index < -0.39 is 5.82 Å². The average Bonchev–Trinajstić information content (AvgIpc) is 2.67. The number of amides is 1. The fraction of sp³-hybridized carbons (Fsp3) is 0.368. The highest BCUT2D eigenvalue weighted by molar-refractivity contribution is 5.93. The highest BCUT2D eigenvalue weighted by atomic mass is 19.1. The van der Waals surface area contributed by atoms with Gasteiger partial charge in [-0.05, 0) is 44.1 Å². The lowest BCUT2D eigenvalue weighted by Gasteiger charge is -2.22. The van der Waals surface area contributed by atoms with E-state index in [2.05, 4.69) is 15.6 Å². The van der Waals surface area contributed by atoms with Gasteiger partial charge in [-0.2, -0.15) is 0 Å². The van der Waals surface area contributed by atoms with Gasteiger partial charge >= 0.3 is 0 Å². The van der Waals surface area contributed by atoms with Crippen molar-refractivity contribution in [3.05, 3.63) is 59.0 Å². The summed E-state index contributed by atoms with van der Waals surface area (Å²) in [7, 11) is 1.51. The zero-order valence-corrected chi connectivity index (χ0v) is 14.2. The number of hydrogen-bond acceptors (Lipinski definition) is 4. The molecule has 2 N–H and O–H groups in total. The Morgan fingerprint density at radius 3 is 2.84 bits per heavy atom. The van der Waals surface area contributed by atoms with Crippen LogP contribution in [0.4, 0.5) is 4.39 Å². The summed E-state index contributed by atoms with van der Waals surface area (Å²) < 4.78 is 19.8. The van der Waals surface area contributed by atoms with Gasteiger partial charge in [-0.3, -0.25) is 4.79 Å². The third kappa shape index (κ3) is 4.33. The van der Waals surface area contributed by atoms with E-state index in [-0.39, 0.29) is 18.1 Å². The second-order valence-electron chi connectivity index (χ2n) is 6.10. The van der Waals surface area contributed by atoms with Crippen molar-refractivity contribution < 1.29 is 13.9 Å². The third-order valence-corrected chi connectivity index (χ3v) is 4.42. The minimum absolute atomic E-state index is 0.0720. The number of nitrogens with one attached hydrogen (secondary N) is 2. The van der Waals surface area contributed by atoms with Gasteiger partial charge in [0, 0.05) is 35.9 Å². The average molecular weight is 343 g/mol. The predicted octanol–water partition coefficient (Wildman–Crippen LogP) is 2.63. The summed E-state index contributed by atoms with van der Waals surface area (Å²) in [6.45, 7) is 2.07. The van der Waals surface area contributed by atoms with Gasteiger partial charge in [0.25, 0.3) is 5.91 Å². The van der Waals surface area contributed by atoms with Crippen LogP contribution in [0, 0.1) is 5.82 Å². The van der Waals surface area contributed by atoms with Crippen molar-refractivity contribution in [1.82, 2.24) is 15.6 Å². The Morgan fingerprint density at radius 2 is 2.12 bits per heavy atom. The summed E-state index contributed by atoms with van der Waals surface area (Å²) in [6.07, 6.45) is 2.12. The summed E-state index contributed by atoms with van der Waals surface area (Å²) >= 11 is 0. The summed E-state index contributed by atoms with van der Waals surface area (Å²) in [4.78, 5) is 16.1. The van der Waals surface area contributed by atoms with E-state index >= 15 is 0 Å². The molecule has 1 saturated heterocycles. The Morgan fingerprint density at radius 1 is 1.32 bits per heavy atom. The molecule has 25 heavy (non-hydrogen) atoms. The fourth-order valence-electron chi connectivity index (χ4n) is 2.96. The molecule has 1 aliphatic heterocycles. The van der Waals surface area contributed by atoms with E-state index in [9.17, 15) is 9.18 Å². The normalized spacial score (nSPS) is 15.0. The molecular formula is C19H22FN3O2. The second kappa shape index (κ2) is 8.07. The summed E-state index contributed by atoms with van der Waals surface area (Å²) in [5, 5.41) is 5.81. The van der Waals surface area contributed by atoms with Gasteiger partial charge in [0.05, 0.1) is 0 Å². The molecule has 6 heteroatoms. The molecule has 1 aromatic heterocycles. The van der Waals surface area contributed by atoms with E-state index in [1.165, 1.54) is 13.1 Å². The van der Waals surface area contributed by atoms with Gasteiger partial charge in [-0.25, -0.2) is 9.37 Å². The Labute approximate surface area is 146 Å². The lowest BCUT2D eigenvalue weighted by Crippen LogP contribution is -2.27. The SMILES string of the molecule is CNC(=O)c1ccc(COc2cccc(C3CCNCC3)n2)c(F)c1. The number of nitrogens with zero attached hydrogens (tertiary/aromatic N) is 1. The van der Waals surface area contributed by atoms with Crippen LogP contribution in [0.5, 0.6) is 5.88 Å². The first-order valence-electron chi connectivity index (χ1n) is 8.48. The maximum Gasteiger partial charge on any atom is 0.251 e. The van der Waals surface area contributed by atoms with Crippen LogP contribution in [0.1, 0.15) is 40.4 Å². The van der Waals surface area contributed by atoms with Gasteiger partial charge in [0.1, 0.15) is 12.4 Å². The number of carbonyl (C=O) groups is 1. The van der Waals surface area contributed by atoms with Crippen LogP contribution < -0.4 is 15.4 Å². The standard InChI is InChI=1S/C19H22FN3O2/c1-21-19(24)14-5-6-15(16(20)11-14)12-25-18-4-2-3-17(23-18)13-7-9-22-10-8-13/h2-6,11,13,22H,7-10,12H2,1H3,(H,21,24). The van der Waals surface area contributed by atoms with E-state index in [1.54, 1.807) is 18.2 Å². The molecule has 5 nitrogen and oxygen atoms in total. The van der Waals surface area contributed by atoms with Gasteiger partial charge in [0.15, 0.2) is 0 Å². The Kier molecular flexibility index (Phi) is 5.60. The topological polar surface area (TPSA) is 63.2 Å². The van der Waals surface area contributed by atoms with Crippen molar-refractivity contribution in [2.75, 3.05) is 20.1 Å². The number of ether oxygens (including phenoxy) is 1. The first kappa shape index (κ1) is 17.4. The molecule has 0 spiro atoms. The first-order chi connectivity index (χ1) is 12.2. The smallest absolute Gasteiger partial charge is 0.251 e. The molecule has 0 bridgehead atoms. The van der Waals surface area contributed by atoms with Crippen LogP contribution in [-0.4, -0.2) is 31.0 Å². The number of benzene rings is 1. The molecule has 1 aromatic carbocycles. The minimum atomic E-state index is -0.462. The zero-order chi connectivity index (χ0) is 17.6. The number of rotatable bonds is 5. The lowest BCUT2D eigenvalue weighted by atomic mass is 9.94. The van der Waals surface area contributed by atoms with Crippen molar-refractivity contribution in [3.8, 4) is 5.88 Å². The molecule has 0 aliphatic carbocycles. The maximum atomic E-state index is 14.1. The minimum Gasteiger partial charge on any atom is -0.473 e. The summed E-state index contributed by atoms with van der Waals surface area (Å²) in [5.41, 5.74) is 1.70. The molecule has 0 radical (unpaired) electrons. The summed E-state index contributed by atoms with van der Waals surface area (Å²) in [5.74, 6) is 0.150. The van der Waals surface area contributed by atoms with Crippen LogP contribution in [0.2, 0.25) is 0 Å². The number of piperidine rings is 1. The van der Waals surface area contributed by atoms with Gasteiger partial charge in [-0.1, -0.05) is 12.1 Å². The van der Waals surface area contributed by atoms with Crippen molar-refractivity contribution in [3.63, 3.8) is 0 Å². The number of aromatic nitrogens is 1. The number of carbonyl (C=O) groups excluding carboxylic acids is 1. The number of pyridine rings is 1. The largest absolute Gasteiger partial charge is 0.473 e. The molecule has 0 saturated carbocycles. The first-order valence-corrected chi connectivity index (χ1v) is 8.48. The van der Waals surface area contributed by atoms with Crippen LogP contribution in [0.25, 0.3) is 0 Å². The van der Waals surface area contributed by atoms with Crippen LogP contribution in [0.3, 0.4) is 0 Å². The number of hydrogen-bond donors (Lipinski definition) is 2. The molecule has 0 atom stereocenters. The molecule has 1 aliphatic rings. The molecule has 1 fully saturated rings. The van der Waals surface area contributed by atoms with Gasteiger partial charge in [-0.15, -0.1) is 0 Å². The van der Waals surface area contributed by atoms with Crippen molar-refractivity contribution in [2.24, 2.45) is 0 Å². The lowest BCUT2D eigenvalue weighted by molar-refractivity contribution is 0.0962.